The minimum Gasteiger partial charge on any atom is -0.496 e. The van der Waals surface area contributed by atoms with Crippen molar-refractivity contribution in [2.45, 2.75) is 6.42 Å². The van der Waals surface area contributed by atoms with Crippen molar-refractivity contribution in [1.29, 1.82) is 5.26 Å². The Kier molecular flexibility index (Phi) is 5.36. The normalized spacial score (nSPS) is 10.9. The minimum absolute atomic E-state index is 0.00678. The SMILES string of the molecule is COc1cc(NC(=O)CCN=C(N)NC#N)cc2ccccc12. The number of aliphatic imine (C=N–C) groups is 1. The Hall–Kier alpha value is -3.27. The molecule has 7 nitrogen and oxygen atoms in total. The number of carbonyl (C=O) groups excluding carboxylic acids is 1. The Labute approximate surface area is 133 Å². The van der Waals surface area contributed by atoms with E-state index in [1.807, 2.05) is 30.3 Å². The van der Waals surface area contributed by atoms with Crippen molar-refractivity contribution in [3.63, 3.8) is 0 Å². The molecule has 0 fully saturated rings. The molecule has 0 aromatic heterocycles. The van der Waals surface area contributed by atoms with Gasteiger partial charge < -0.3 is 15.8 Å². The molecule has 0 radical (unpaired) electrons. The molecule has 0 aliphatic heterocycles. The Morgan fingerprint density at radius 3 is 2.91 bits per heavy atom. The number of amides is 1. The van der Waals surface area contributed by atoms with Gasteiger partial charge in [0.25, 0.3) is 0 Å². The fourth-order valence-corrected chi connectivity index (χ4v) is 2.11. The second-order valence-electron chi connectivity index (χ2n) is 4.70. The highest BCUT2D eigenvalue weighted by Gasteiger charge is 2.07. The standard InChI is InChI=1S/C16H17N5O2/c1-23-14-9-12(8-11-4-2-3-5-13(11)14)21-15(22)6-7-19-16(18)20-10-17/h2-5,8-9H,6-7H2,1H3,(H,21,22)(H3,18,19,20). The first-order valence-corrected chi connectivity index (χ1v) is 6.95. The van der Waals surface area contributed by atoms with Crippen LogP contribution in [0.1, 0.15) is 6.42 Å². The van der Waals surface area contributed by atoms with Crippen molar-refractivity contribution in [3.05, 3.63) is 36.4 Å². The van der Waals surface area contributed by atoms with Gasteiger partial charge in [-0.05, 0) is 11.5 Å². The van der Waals surface area contributed by atoms with Crippen LogP contribution in [0.2, 0.25) is 0 Å². The van der Waals surface area contributed by atoms with E-state index in [0.717, 1.165) is 10.8 Å². The third kappa shape index (κ3) is 4.35. The average Bonchev–Trinajstić information content (AvgIpc) is 2.54. The molecule has 1 amide bonds. The zero-order valence-corrected chi connectivity index (χ0v) is 12.7. The van der Waals surface area contributed by atoms with E-state index in [9.17, 15) is 4.79 Å². The lowest BCUT2D eigenvalue weighted by atomic mass is 10.1. The summed E-state index contributed by atoms with van der Waals surface area (Å²) in [5, 5.41) is 15.3. The first-order chi connectivity index (χ1) is 11.1. The van der Waals surface area contributed by atoms with Crippen LogP contribution in [0.15, 0.2) is 41.4 Å². The lowest BCUT2D eigenvalue weighted by Crippen LogP contribution is -2.27. The lowest BCUT2D eigenvalue weighted by molar-refractivity contribution is -0.116. The third-order valence-electron chi connectivity index (χ3n) is 3.13. The lowest BCUT2D eigenvalue weighted by Gasteiger charge is -2.10. The molecule has 2 aromatic rings. The minimum atomic E-state index is -0.198. The number of nitrogens with one attached hydrogen (secondary N) is 2. The number of nitrogens with zero attached hydrogens (tertiary/aromatic N) is 2. The van der Waals surface area contributed by atoms with Crippen molar-refractivity contribution in [1.82, 2.24) is 5.32 Å². The number of rotatable bonds is 5. The molecule has 118 valence electrons. The topological polar surface area (TPSA) is 113 Å². The van der Waals surface area contributed by atoms with Gasteiger partial charge in [-0.2, -0.15) is 5.26 Å². The smallest absolute Gasteiger partial charge is 0.226 e. The molecule has 0 bridgehead atoms. The molecule has 0 spiro atoms. The maximum atomic E-state index is 11.9. The van der Waals surface area contributed by atoms with Crippen LogP contribution < -0.4 is 21.1 Å². The van der Waals surface area contributed by atoms with Gasteiger partial charge in [0.2, 0.25) is 11.9 Å². The molecule has 0 aliphatic carbocycles. The van der Waals surface area contributed by atoms with Gasteiger partial charge in [0, 0.05) is 23.6 Å². The number of hydrogen-bond donors (Lipinski definition) is 3. The number of anilines is 1. The number of benzene rings is 2. The van der Waals surface area contributed by atoms with E-state index in [2.05, 4.69) is 15.6 Å². The van der Waals surface area contributed by atoms with Gasteiger partial charge in [-0.1, -0.05) is 24.3 Å². The zero-order chi connectivity index (χ0) is 16.7. The molecule has 2 aromatic carbocycles. The summed E-state index contributed by atoms with van der Waals surface area (Å²) in [5.41, 5.74) is 6.04. The number of hydrogen-bond acceptors (Lipinski definition) is 4. The van der Waals surface area contributed by atoms with E-state index in [1.165, 1.54) is 0 Å². The molecule has 0 saturated carbocycles. The van der Waals surface area contributed by atoms with Crippen molar-refractivity contribution < 1.29 is 9.53 Å². The molecular formula is C16H17N5O2. The van der Waals surface area contributed by atoms with Crippen LogP contribution in [0.3, 0.4) is 0 Å². The number of fused-ring (bicyclic) bond motifs is 1. The maximum absolute atomic E-state index is 11.9. The van der Waals surface area contributed by atoms with Crippen LogP contribution in [0.5, 0.6) is 5.75 Å². The third-order valence-corrected chi connectivity index (χ3v) is 3.13. The molecule has 23 heavy (non-hydrogen) atoms. The van der Waals surface area contributed by atoms with Crippen LogP contribution in [-0.4, -0.2) is 25.5 Å². The molecule has 0 atom stereocenters. The number of methoxy groups -OCH3 is 1. The van der Waals surface area contributed by atoms with Crippen LogP contribution >= 0.6 is 0 Å². The summed E-state index contributed by atoms with van der Waals surface area (Å²) in [6.07, 6.45) is 1.81. The number of carbonyl (C=O) groups is 1. The fourth-order valence-electron chi connectivity index (χ4n) is 2.11. The zero-order valence-electron chi connectivity index (χ0n) is 12.7. The largest absolute Gasteiger partial charge is 0.496 e. The molecule has 0 heterocycles. The average molecular weight is 311 g/mol. The van der Waals surface area contributed by atoms with E-state index in [0.29, 0.717) is 11.4 Å². The summed E-state index contributed by atoms with van der Waals surface area (Å²) in [7, 11) is 1.59. The summed E-state index contributed by atoms with van der Waals surface area (Å²) >= 11 is 0. The molecule has 0 aliphatic rings. The molecular weight excluding hydrogens is 294 g/mol. The highest BCUT2D eigenvalue weighted by Crippen LogP contribution is 2.29. The Morgan fingerprint density at radius 2 is 2.17 bits per heavy atom. The van der Waals surface area contributed by atoms with Crippen LogP contribution in [0.4, 0.5) is 5.69 Å². The van der Waals surface area contributed by atoms with Crippen molar-refractivity contribution in [3.8, 4) is 11.9 Å². The number of nitriles is 1. The second-order valence-corrected chi connectivity index (χ2v) is 4.70. The molecule has 7 heteroatoms. The number of nitrogens with two attached hydrogens (primary N) is 1. The maximum Gasteiger partial charge on any atom is 0.226 e. The predicted octanol–water partition coefficient (Wildman–Crippen LogP) is 1.56. The van der Waals surface area contributed by atoms with Crippen LogP contribution in [0, 0.1) is 11.5 Å². The molecule has 4 N–H and O–H groups in total. The van der Waals surface area contributed by atoms with E-state index in [-0.39, 0.29) is 24.8 Å². The van der Waals surface area contributed by atoms with Gasteiger partial charge in [-0.15, -0.1) is 0 Å². The quantitative estimate of drug-likeness (QED) is 0.336. The van der Waals surface area contributed by atoms with Crippen molar-refractivity contribution in [2.24, 2.45) is 10.7 Å². The monoisotopic (exact) mass is 311 g/mol. The highest BCUT2D eigenvalue weighted by molar-refractivity contribution is 5.97. The van der Waals surface area contributed by atoms with Gasteiger partial charge in [0.15, 0.2) is 6.19 Å². The summed E-state index contributed by atoms with van der Waals surface area (Å²) < 4.78 is 5.36. The Bertz CT molecular complexity index is 780. The Balaban J connectivity index is 2.05. The first-order valence-electron chi connectivity index (χ1n) is 6.95. The van der Waals surface area contributed by atoms with E-state index in [1.54, 1.807) is 19.4 Å². The van der Waals surface area contributed by atoms with Gasteiger partial charge in [0.05, 0.1) is 13.7 Å². The fraction of sp³-hybridized carbons (Fsp3) is 0.188. The highest BCUT2D eigenvalue weighted by atomic mass is 16.5. The van der Waals surface area contributed by atoms with E-state index >= 15 is 0 Å². The van der Waals surface area contributed by atoms with Crippen LogP contribution in [-0.2, 0) is 4.79 Å². The molecule has 0 saturated heterocycles. The van der Waals surface area contributed by atoms with Crippen LogP contribution in [0.25, 0.3) is 10.8 Å². The predicted molar refractivity (Wildman–Crippen MR) is 89.0 cm³/mol. The summed E-state index contributed by atoms with van der Waals surface area (Å²) in [5.74, 6) is 0.488. The summed E-state index contributed by atoms with van der Waals surface area (Å²) in [6, 6.07) is 11.4. The van der Waals surface area contributed by atoms with Crippen molar-refractivity contribution >= 4 is 28.3 Å². The number of guanidine groups is 1. The molecule has 0 unspecified atom stereocenters. The van der Waals surface area contributed by atoms with Gasteiger partial charge in [-0.3, -0.25) is 15.1 Å². The van der Waals surface area contributed by atoms with E-state index in [4.69, 9.17) is 15.7 Å². The summed E-state index contributed by atoms with van der Waals surface area (Å²) in [4.78, 5) is 15.8. The van der Waals surface area contributed by atoms with Gasteiger partial charge in [-0.25, -0.2) is 0 Å². The molecule has 2 rings (SSSR count). The van der Waals surface area contributed by atoms with Gasteiger partial charge >= 0.3 is 0 Å². The first kappa shape index (κ1) is 16.1. The second kappa shape index (κ2) is 7.66. The summed E-state index contributed by atoms with van der Waals surface area (Å²) in [6.45, 7) is 0.192. The number of ether oxygens (including phenoxy) is 1. The Morgan fingerprint density at radius 1 is 1.39 bits per heavy atom. The van der Waals surface area contributed by atoms with E-state index < -0.39 is 0 Å². The van der Waals surface area contributed by atoms with Crippen molar-refractivity contribution in [2.75, 3.05) is 19.0 Å². The van der Waals surface area contributed by atoms with Gasteiger partial charge in [0.1, 0.15) is 5.75 Å².